The first-order valence-corrected chi connectivity index (χ1v) is 11.6. The molecule has 0 aliphatic rings. The van der Waals surface area contributed by atoms with Gasteiger partial charge in [-0.05, 0) is 60.7 Å². The van der Waals surface area contributed by atoms with Crippen LogP contribution in [0, 0.1) is 13.8 Å². The average molecular weight is 425 g/mol. The number of nitrogens with one attached hydrogen (secondary N) is 2. The predicted molar refractivity (Wildman–Crippen MR) is 121 cm³/mol. The monoisotopic (exact) mass is 424 g/mol. The van der Waals surface area contributed by atoms with Crippen LogP contribution < -0.4 is 10.0 Å². The molecule has 0 aliphatic carbocycles. The van der Waals surface area contributed by atoms with E-state index in [9.17, 15) is 13.2 Å². The Bertz CT molecular complexity index is 1140. The Morgan fingerprint density at radius 1 is 0.900 bits per heavy atom. The van der Waals surface area contributed by atoms with Crippen molar-refractivity contribution in [2.24, 2.45) is 0 Å². The number of hydrogen-bond acceptors (Lipinski definition) is 3. The molecule has 3 rings (SSSR count). The summed E-state index contributed by atoms with van der Waals surface area (Å²) in [5, 5.41) is 4.71. The number of rotatable bonds is 9. The van der Waals surface area contributed by atoms with Gasteiger partial charge in [0.05, 0.1) is 4.90 Å². The van der Waals surface area contributed by atoms with Crippen LogP contribution in [0.25, 0.3) is 10.8 Å². The molecule has 0 atom stereocenters. The van der Waals surface area contributed by atoms with E-state index >= 15 is 0 Å². The highest BCUT2D eigenvalue weighted by atomic mass is 32.2. The van der Waals surface area contributed by atoms with Crippen LogP contribution in [0.4, 0.5) is 0 Å². The maximum atomic E-state index is 12.5. The third-order valence-electron chi connectivity index (χ3n) is 5.12. The third-order valence-corrected chi connectivity index (χ3v) is 6.58. The normalized spacial score (nSPS) is 11.5. The molecule has 3 aromatic rings. The number of amides is 1. The third kappa shape index (κ3) is 5.90. The van der Waals surface area contributed by atoms with Gasteiger partial charge in [0, 0.05) is 19.5 Å². The van der Waals surface area contributed by atoms with Gasteiger partial charge in [-0.1, -0.05) is 54.1 Å². The molecule has 0 saturated heterocycles. The molecule has 0 saturated carbocycles. The van der Waals surface area contributed by atoms with Gasteiger partial charge < -0.3 is 5.32 Å². The molecule has 0 heterocycles. The summed E-state index contributed by atoms with van der Waals surface area (Å²) in [5.41, 5.74) is 3.80. The fourth-order valence-electron chi connectivity index (χ4n) is 3.44. The zero-order valence-electron chi connectivity index (χ0n) is 17.4. The highest BCUT2D eigenvalue weighted by molar-refractivity contribution is 7.89. The molecule has 30 heavy (non-hydrogen) atoms. The van der Waals surface area contributed by atoms with E-state index in [0.717, 1.165) is 23.6 Å². The van der Waals surface area contributed by atoms with E-state index in [2.05, 4.69) is 42.1 Å². The molecule has 1 amide bonds. The van der Waals surface area contributed by atoms with Crippen LogP contribution in [0.1, 0.15) is 29.5 Å². The second kappa shape index (κ2) is 9.87. The van der Waals surface area contributed by atoms with Gasteiger partial charge in [-0.2, -0.15) is 0 Å². The minimum absolute atomic E-state index is 0.0675. The van der Waals surface area contributed by atoms with Crippen molar-refractivity contribution in [2.45, 2.75) is 38.0 Å². The van der Waals surface area contributed by atoms with Gasteiger partial charge in [0.1, 0.15) is 0 Å². The second-order valence-corrected chi connectivity index (χ2v) is 9.31. The van der Waals surface area contributed by atoms with E-state index in [-0.39, 0.29) is 23.8 Å². The van der Waals surface area contributed by atoms with E-state index < -0.39 is 10.0 Å². The number of sulfonamides is 1. The Morgan fingerprint density at radius 2 is 1.67 bits per heavy atom. The van der Waals surface area contributed by atoms with Crippen LogP contribution in [0.5, 0.6) is 0 Å². The highest BCUT2D eigenvalue weighted by Crippen LogP contribution is 2.18. The van der Waals surface area contributed by atoms with Crippen LogP contribution in [-0.4, -0.2) is 27.4 Å². The quantitative estimate of drug-likeness (QED) is 0.512. The lowest BCUT2D eigenvalue weighted by Crippen LogP contribution is -2.31. The molecule has 0 unspecified atom stereocenters. The number of benzene rings is 3. The summed E-state index contributed by atoms with van der Waals surface area (Å²) in [7, 11) is -3.65. The summed E-state index contributed by atoms with van der Waals surface area (Å²) in [6.45, 7) is 4.81. The molecule has 2 N–H and O–H groups in total. The predicted octanol–water partition coefficient (Wildman–Crippen LogP) is 3.87. The van der Waals surface area contributed by atoms with E-state index in [4.69, 9.17) is 0 Å². The fourth-order valence-corrected chi connectivity index (χ4v) is 4.50. The fraction of sp³-hybridized carbons (Fsp3) is 0.292. The van der Waals surface area contributed by atoms with E-state index in [0.29, 0.717) is 6.54 Å². The van der Waals surface area contributed by atoms with Gasteiger partial charge in [-0.25, -0.2) is 13.1 Å². The van der Waals surface area contributed by atoms with Crippen LogP contribution in [0.15, 0.2) is 65.6 Å². The Balaban J connectivity index is 1.42. The molecule has 6 heteroatoms. The molecule has 0 bridgehead atoms. The van der Waals surface area contributed by atoms with Gasteiger partial charge in [0.15, 0.2) is 0 Å². The van der Waals surface area contributed by atoms with Crippen molar-refractivity contribution in [3.63, 3.8) is 0 Å². The molecule has 3 aromatic carbocycles. The van der Waals surface area contributed by atoms with Crippen molar-refractivity contribution >= 4 is 26.7 Å². The molecular weight excluding hydrogens is 396 g/mol. The van der Waals surface area contributed by atoms with E-state index in [1.54, 1.807) is 18.2 Å². The summed E-state index contributed by atoms with van der Waals surface area (Å²) in [6, 6.07) is 19.0. The molecule has 5 nitrogen and oxygen atoms in total. The number of carbonyl (C=O) groups is 1. The van der Waals surface area contributed by atoms with Gasteiger partial charge >= 0.3 is 0 Å². The lowest BCUT2D eigenvalue weighted by Gasteiger charge is -2.09. The van der Waals surface area contributed by atoms with Gasteiger partial charge in [-0.3, -0.25) is 4.79 Å². The minimum Gasteiger partial charge on any atom is -0.356 e. The van der Waals surface area contributed by atoms with Crippen molar-refractivity contribution in [1.29, 1.82) is 0 Å². The molecule has 0 fully saturated rings. The first-order valence-electron chi connectivity index (χ1n) is 10.2. The summed E-state index contributed by atoms with van der Waals surface area (Å²) in [5.74, 6) is -0.156. The molecule has 0 radical (unpaired) electrons. The molecule has 0 aliphatic heterocycles. The summed E-state index contributed by atoms with van der Waals surface area (Å²) in [4.78, 5) is 12.2. The first kappa shape index (κ1) is 22.0. The standard InChI is InChI=1S/C24H28N2O3S/c1-18-9-10-20(19(2)16-18)8-5-14-25-24(27)13-15-26-30(28,29)23-12-11-21-6-3-4-7-22(21)17-23/h3-4,6-7,9-12,16-17,26H,5,8,13-15H2,1-2H3,(H,25,27). The highest BCUT2D eigenvalue weighted by Gasteiger charge is 2.14. The van der Waals surface area contributed by atoms with Crippen LogP contribution in [-0.2, 0) is 21.2 Å². The first-order chi connectivity index (χ1) is 14.3. The number of carbonyl (C=O) groups excluding carboxylic acids is 1. The topological polar surface area (TPSA) is 75.3 Å². The molecule has 0 spiro atoms. The van der Waals surface area contributed by atoms with Gasteiger partial charge in [-0.15, -0.1) is 0 Å². The Labute approximate surface area is 178 Å². The largest absolute Gasteiger partial charge is 0.356 e. The lowest BCUT2D eigenvalue weighted by atomic mass is 10.0. The summed E-state index contributed by atoms with van der Waals surface area (Å²) in [6.07, 6.45) is 1.86. The van der Waals surface area contributed by atoms with Gasteiger partial charge in [0.25, 0.3) is 0 Å². The van der Waals surface area contributed by atoms with Gasteiger partial charge in [0.2, 0.25) is 15.9 Å². The molecule has 0 aromatic heterocycles. The van der Waals surface area contributed by atoms with Crippen molar-refractivity contribution in [1.82, 2.24) is 10.0 Å². The van der Waals surface area contributed by atoms with Crippen LogP contribution in [0.2, 0.25) is 0 Å². The Kier molecular flexibility index (Phi) is 7.24. The van der Waals surface area contributed by atoms with Crippen LogP contribution >= 0.6 is 0 Å². The molecular formula is C24H28N2O3S. The minimum atomic E-state index is -3.65. The number of aryl methyl sites for hydroxylation is 3. The smallest absolute Gasteiger partial charge is 0.240 e. The second-order valence-electron chi connectivity index (χ2n) is 7.54. The Hall–Kier alpha value is -2.70. The van der Waals surface area contributed by atoms with Crippen molar-refractivity contribution in [3.05, 3.63) is 77.4 Å². The zero-order chi connectivity index (χ0) is 21.6. The maximum Gasteiger partial charge on any atom is 0.240 e. The Morgan fingerprint density at radius 3 is 2.43 bits per heavy atom. The SMILES string of the molecule is Cc1ccc(CCCNC(=O)CCNS(=O)(=O)c2ccc3ccccc3c2)c(C)c1. The average Bonchev–Trinajstić information content (AvgIpc) is 2.72. The lowest BCUT2D eigenvalue weighted by molar-refractivity contribution is -0.120. The summed E-state index contributed by atoms with van der Waals surface area (Å²) >= 11 is 0. The van der Waals surface area contributed by atoms with E-state index in [1.165, 1.54) is 16.7 Å². The maximum absolute atomic E-state index is 12.5. The summed E-state index contributed by atoms with van der Waals surface area (Å²) < 4.78 is 27.5. The van der Waals surface area contributed by atoms with Crippen LogP contribution in [0.3, 0.4) is 0 Å². The van der Waals surface area contributed by atoms with Crippen molar-refractivity contribution < 1.29 is 13.2 Å². The number of hydrogen-bond donors (Lipinski definition) is 2. The molecule has 158 valence electrons. The van der Waals surface area contributed by atoms with Crippen molar-refractivity contribution in [3.8, 4) is 0 Å². The van der Waals surface area contributed by atoms with E-state index in [1.807, 2.05) is 24.3 Å². The zero-order valence-corrected chi connectivity index (χ0v) is 18.3. The number of fused-ring (bicyclic) bond motifs is 1. The van der Waals surface area contributed by atoms with Crippen molar-refractivity contribution in [2.75, 3.05) is 13.1 Å².